The predicted octanol–water partition coefficient (Wildman–Crippen LogP) is 2.92. The summed E-state index contributed by atoms with van der Waals surface area (Å²) < 4.78 is 0. The van der Waals surface area contributed by atoms with Gasteiger partial charge in [0.2, 0.25) is 0 Å². The molecule has 1 unspecified atom stereocenters. The number of carbonyl (C=O) groups is 1. The molecule has 2 aromatic rings. The third-order valence-corrected chi connectivity index (χ3v) is 3.95. The van der Waals surface area contributed by atoms with Crippen LogP contribution in [0.5, 0.6) is 0 Å². The smallest absolute Gasteiger partial charge is 0.307 e. The quantitative estimate of drug-likeness (QED) is 0.866. The van der Waals surface area contributed by atoms with E-state index in [0.29, 0.717) is 16.3 Å². The van der Waals surface area contributed by atoms with Gasteiger partial charge in [0.15, 0.2) is 0 Å². The van der Waals surface area contributed by atoms with E-state index in [4.69, 9.17) is 10.4 Å². The van der Waals surface area contributed by atoms with E-state index in [1.54, 1.807) is 13.0 Å². The number of nitriles is 1. The Morgan fingerprint density at radius 3 is 2.95 bits per heavy atom. The predicted molar refractivity (Wildman–Crippen MR) is 74.0 cm³/mol. The first-order valence-electron chi connectivity index (χ1n) is 5.77. The van der Waals surface area contributed by atoms with Crippen molar-refractivity contribution in [2.24, 2.45) is 5.92 Å². The van der Waals surface area contributed by atoms with E-state index in [0.717, 1.165) is 10.9 Å². The van der Waals surface area contributed by atoms with Gasteiger partial charge < -0.3 is 5.11 Å². The summed E-state index contributed by atoms with van der Waals surface area (Å²) in [6, 6.07) is 11.5. The highest BCUT2D eigenvalue weighted by Gasteiger charge is 2.14. The number of carboxylic acids is 1. The zero-order valence-corrected chi connectivity index (χ0v) is 11.1. The van der Waals surface area contributed by atoms with Crippen LogP contribution in [0, 0.1) is 17.2 Å². The summed E-state index contributed by atoms with van der Waals surface area (Å²) in [4.78, 5) is 15.2. The molecule has 0 aliphatic rings. The molecule has 0 saturated heterocycles. The van der Waals surface area contributed by atoms with Gasteiger partial charge in [-0.1, -0.05) is 25.1 Å². The Morgan fingerprint density at radius 1 is 1.53 bits per heavy atom. The van der Waals surface area contributed by atoms with E-state index in [1.165, 1.54) is 11.8 Å². The Labute approximate surface area is 115 Å². The zero-order valence-electron chi connectivity index (χ0n) is 10.3. The number of benzene rings is 1. The van der Waals surface area contributed by atoms with Crippen LogP contribution in [-0.4, -0.2) is 21.8 Å². The maximum absolute atomic E-state index is 10.8. The molecule has 1 heterocycles. The number of fused-ring (bicyclic) bond motifs is 1. The van der Waals surface area contributed by atoms with Crippen LogP contribution < -0.4 is 0 Å². The van der Waals surface area contributed by atoms with Gasteiger partial charge in [0.1, 0.15) is 11.1 Å². The standard InChI is InChI=1S/C14H12N2O2S/c1-9(14(17)18)8-19-13-11(7-15)6-10-4-2-3-5-12(10)16-13/h2-6,9H,8H2,1H3,(H,17,18). The molecule has 0 saturated carbocycles. The van der Waals surface area contributed by atoms with Crippen molar-refractivity contribution in [1.82, 2.24) is 4.98 Å². The van der Waals surface area contributed by atoms with Crippen LogP contribution in [0.25, 0.3) is 10.9 Å². The fourth-order valence-electron chi connectivity index (χ4n) is 1.56. The lowest BCUT2D eigenvalue weighted by Crippen LogP contribution is -2.12. The largest absolute Gasteiger partial charge is 0.481 e. The van der Waals surface area contributed by atoms with Crippen molar-refractivity contribution in [3.63, 3.8) is 0 Å². The van der Waals surface area contributed by atoms with E-state index < -0.39 is 11.9 Å². The molecule has 1 N–H and O–H groups in total. The van der Waals surface area contributed by atoms with Gasteiger partial charge in [-0.05, 0) is 12.1 Å². The second kappa shape index (κ2) is 5.72. The first-order valence-corrected chi connectivity index (χ1v) is 6.76. The van der Waals surface area contributed by atoms with Crippen LogP contribution >= 0.6 is 11.8 Å². The maximum atomic E-state index is 10.8. The molecule has 0 amide bonds. The number of para-hydroxylation sites is 1. The van der Waals surface area contributed by atoms with E-state index in [9.17, 15) is 4.79 Å². The second-order valence-corrected chi connectivity index (χ2v) is 5.20. The van der Waals surface area contributed by atoms with Crippen molar-refractivity contribution < 1.29 is 9.90 Å². The fourth-order valence-corrected chi connectivity index (χ4v) is 2.54. The van der Waals surface area contributed by atoms with Crippen LogP contribution in [0.15, 0.2) is 35.4 Å². The first-order chi connectivity index (χ1) is 9.11. The van der Waals surface area contributed by atoms with Gasteiger partial charge in [0, 0.05) is 11.1 Å². The minimum absolute atomic E-state index is 0.398. The number of pyridine rings is 1. The zero-order chi connectivity index (χ0) is 13.8. The molecule has 1 aromatic heterocycles. The van der Waals surface area contributed by atoms with Crippen molar-refractivity contribution in [1.29, 1.82) is 5.26 Å². The summed E-state index contributed by atoms with van der Waals surface area (Å²) in [5.41, 5.74) is 1.30. The van der Waals surface area contributed by atoms with Crippen molar-refractivity contribution in [3.8, 4) is 6.07 Å². The molecule has 5 heteroatoms. The lowest BCUT2D eigenvalue weighted by Gasteiger charge is -2.07. The summed E-state index contributed by atoms with van der Waals surface area (Å²) in [7, 11) is 0. The number of hydrogen-bond donors (Lipinski definition) is 1. The van der Waals surface area contributed by atoms with Gasteiger partial charge in [0.25, 0.3) is 0 Å². The highest BCUT2D eigenvalue weighted by Crippen LogP contribution is 2.26. The molecule has 0 spiro atoms. The topological polar surface area (TPSA) is 74.0 Å². The lowest BCUT2D eigenvalue weighted by atomic mass is 10.2. The molecule has 0 aliphatic carbocycles. The maximum Gasteiger partial charge on any atom is 0.307 e. The molecule has 19 heavy (non-hydrogen) atoms. The number of rotatable bonds is 4. The average Bonchev–Trinajstić information content (AvgIpc) is 2.43. The summed E-state index contributed by atoms with van der Waals surface area (Å²) in [5, 5.41) is 19.5. The Morgan fingerprint density at radius 2 is 2.26 bits per heavy atom. The molecule has 4 nitrogen and oxygen atoms in total. The van der Waals surface area contributed by atoms with Gasteiger partial charge in [-0.2, -0.15) is 5.26 Å². The number of aromatic nitrogens is 1. The molecular formula is C14H12N2O2S. The summed E-state index contributed by atoms with van der Waals surface area (Å²) in [5.74, 6) is -0.911. The van der Waals surface area contributed by atoms with Crippen molar-refractivity contribution in [2.75, 3.05) is 5.75 Å². The average molecular weight is 272 g/mol. The third-order valence-electron chi connectivity index (χ3n) is 2.70. The monoisotopic (exact) mass is 272 g/mol. The van der Waals surface area contributed by atoms with Crippen LogP contribution in [-0.2, 0) is 4.79 Å². The Balaban J connectivity index is 2.31. The lowest BCUT2D eigenvalue weighted by molar-refractivity contribution is -0.140. The van der Waals surface area contributed by atoms with Gasteiger partial charge in [-0.15, -0.1) is 11.8 Å². The number of carboxylic acid groups (broad SMARTS) is 1. The summed E-state index contributed by atoms with van der Waals surface area (Å²) >= 11 is 1.31. The number of hydrogen-bond acceptors (Lipinski definition) is 4. The van der Waals surface area contributed by atoms with Gasteiger partial charge in [-0.3, -0.25) is 4.79 Å². The van der Waals surface area contributed by atoms with E-state index in [-0.39, 0.29) is 0 Å². The fraction of sp³-hybridized carbons (Fsp3) is 0.214. The Hall–Kier alpha value is -2.06. The van der Waals surface area contributed by atoms with Gasteiger partial charge in [-0.25, -0.2) is 4.98 Å². The number of nitrogens with zero attached hydrogens (tertiary/aromatic N) is 2. The molecule has 1 atom stereocenters. The molecule has 0 radical (unpaired) electrons. The Bertz CT molecular complexity index is 664. The highest BCUT2D eigenvalue weighted by molar-refractivity contribution is 7.99. The van der Waals surface area contributed by atoms with Crippen LogP contribution in [0.1, 0.15) is 12.5 Å². The first kappa shape index (κ1) is 13.4. The van der Waals surface area contributed by atoms with Crippen molar-refractivity contribution in [2.45, 2.75) is 11.9 Å². The Kier molecular flexibility index (Phi) is 4.03. The van der Waals surface area contributed by atoms with E-state index in [2.05, 4.69) is 11.1 Å². The minimum atomic E-state index is -0.841. The number of aliphatic carboxylic acids is 1. The van der Waals surface area contributed by atoms with E-state index in [1.807, 2.05) is 24.3 Å². The molecular weight excluding hydrogens is 260 g/mol. The SMILES string of the molecule is CC(CSc1nc2ccccc2cc1C#N)C(=O)O. The van der Waals surface area contributed by atoms with Crippen LogP contribution in [0.3, 0.4) is 0 Å². The van der Waals surface area contributed by atoms with Crippen molar-refractivity contribution in [3.05, 3.63) is 35.9 Å². The van der Waals surface area contributed by atoms with E-state index >= 15 is 0 Å². The molecule has 2 rings (SSSR count). The molecule has 0 bridgehead atoms. The highest BCUT2D eigenvalue weighted by atomic mass is 32.2. The molecule has 96 valence electrons. The van der Waals surface area contributed by atoms with Crippen molar-refractivity contribution >= 4 is 28.6 Å². The second-order valence-electron chi connectivity index (χ2n) is 4.20. The normalized spacial score (nSPS) is 12.0. The summed E-state index contributed by atoms with van der Waals surface area (Å²) in [6.07, 6.45) is 0. The van der Waals surface area contributed by atoms with Gasteiger partial charge >= 0.3 is 5.97 Å². The van der Waals surface area contributed by atoms with Gasteiger partial charge in [0.05, 0.1) is 17.0 Å². The van der Waals surface area contributed by atoms with Crippen LogP contribution in [0.2, 0.25) is 0 Å². The summed E-state index contributed by atoms with van der Waals surface area (Å²) in [6.45, 7) is 1.64. The molecule has 0 fully saturated rings. The molecule has 1 aromatic carbocycles. The third kappa shape index (κ3) is 3.04. The van der Waals surface area contributed by atoms with Crippen LogP contribution in [0.4, 0.5) is 0 Å². The molecule has 0 aliphatic heterocycles. The number of thioether (sulfide) groups is 1. The minimum Gasteiger partial charge on any atom is -0.481 e.